The van der Waals surface area contributed by atoms with Gasteiger partial charge in [0, 0.05) is 27.7 Å². The van der Waals surface area contributed by atoms with Crippen LogP contribution in [0.5, 0.6) is 5.75 Å². The van der Waals surface area contributed by atoms with Crippen molar-refractivity contribution < 1.29 is 27.1 Å². The monoisotopic (exact) mass is 494 g/mol. The van der Waals surface area contributed by atoms with Crippen molar-refractivity contribution in [1.82, 2.24) is 14.5 Å². The molecular formula is C23H31FN4O5S. The molecule has 34 heavy (non-hydrogen) atoms. The summed E-state index contributed by atoms with van der Waals surface area (Å²) in [6.45, 7) is 1.10. The summed E-state index contributed by atoms with van der Waals surface area (Å²) in [4.78, 5) is 27.4. The maximum Gasteiger partial charge on any atom is 0.304 e. The molecule has 11 heteroatoms. The van der Waals surface area contributed by atoms with E-state index >= 15 is 0 Å². The quantitative estimate of drug-likeness (QED) is 0.515. The number of para-hydroxylation sites is 1. The van der Waals surface area contributed by atoms with Crippen molar-refractivity contribution in [3.63, 3.8) is 0 Å². The third-order valence-corrected chi connectivity index (χ3v) is 7.09. The van der Waals surface area contributed by atoms with Crippen LogP contribution in [0, 0.1) is 5.82 Å². The summed E-state index contributed by atoms with van der Waals surface area (Å²) in [5.41, 5.74) is 0.450. The fraction of sp³-hybridized carbons (Fsp3) is 0.391. The van der Waals surface area contributed by atoms with Gasteiger partial charge in [-0.15, -0.1) is 0 Å². The molecule has 9 nitrogen and oxygen atoms in total. The van der Waals surface area contributed by atoms with Crippen molar-refractivity contribution in [3.8, 4) is 5.75 Å². The van der Waals surface area contributed by atoms with E-state index in [9.17, 15) is 22.4 Å². The first-order chi connectivity index (χ1) is 16.1. The van der Waals surface area contributed by atoms with E-state index in [1.165, 1.54) is 51.4 Å². The van der Waals surface area contributed by atoms with Crippen LogP contribution in [0.4, 0.5) is 10.1 Å². The number of ether oxygens (including phenoxy) is 1. The second-order valence-electron chi connectivity index (χ2n) is 7.66. The lowest BCUT2D eigenvalue weighted by molar-refractivity contribution is -0.140. The Bertz CT molecular complexity index is 1090. The van der Waals surface area contributed by atoms with Crippen LogP contribution < -0.4 is 14.4 Å². The van der Waals surface area contributed by atoms with Gasteiger partial charge in [0.2, 0.25) is 11.8 Å². The van der Waals surface area contributed by atoms with Crippen molar-refractivity contribution in [3.05, 3.63) is 59.9 Å². The van der Waals surface area contributed by atoms with Crippen LogP contribution in [0.25, 0.3) is 0 Å². The lowest BCUT2D eigenvalue weighted by Gasteiger charge is -2.33. The van der Waals surface area contributed by atoms with Gasteiger partial charge >= 0.3 is 10.2 Å². The molecule has 0 heterocycles. The van der Waals surface area contributed by atoms with Gasteiger partial charge in [-0.1, -0.05) is 31.2 Å². The highest BCUT2D eigenvalue weighted by molar-refractivity contribution is 7.90. The van der Waals surface area contributed by atoms with Gasteiger partial charge in [0.15, 0.2) is 0 Å². The molecule has 1 atom stereocenters. The molecule has 0 saturated heterocycles. The molecule has 0 aliphatic rings. The van der Waals surface area contributed by atoms with Crippen molar-refractivity contribution in [2.75, 3.05) is 39.1 Å². The van der Waals surface area contributed by atoms with Crippen LogP contribution in [0.3, 0.4) is 0 Å². The summed E-state index contributed by atoms with van der Waals surface area (Å²) in [6, 6.07) is 11.4. The molecule has 0 aromatic heterocycles. The minimum Gasteiger partial charge on any atom is -0.497 e. The zero-order valence-corrected chi connectivity index (χ0v) is 20.8. The van der Waals surface area contributed by atoms with Crippen molar-refractivity contribution in [1.29, 1.82) is 0 Å². The Morgan fingerprint density at radius 1 is 1.09 bits per heavy atom. The maximum absolute atomic E-state index is 14.6. The SMILES string of the molecule is CC[C@H](C(=O)NC)N(Cc1ccc(OC)cc1)C(=O)CN(c1ccccc1F)S(=O)(=O)N(C)C. The maximum atomic E-state index is 14.6. The molecule has 0 bridgehead atoms. The molecule has 0 fully saturated rings. The third kappa shape index (κ3) is 6.23. The fourth-order valence-corrected chi connectivity index (χ4v) is 4.43. The van der Waals surface area contributed by atoms with Gasteiger partial charge in [0.05, 0.1) is 12.8 Å². The van der Waals surface area contributed by atoms with Crippen molar-refractivity contribution in [2.24, 2.45) is 0 Å². The van der Waals surface area contributed by atoms with Crippen LogP contribution >= 0.6 is 0 Å². The number of hydrogen-bond acceptors (Lipinski definition) is 5. The first-order valence-corrected chi connectivity index (χ1v) is 12.0. The highest BCUT2D eigenvalue weighted by atomic mass is 32.2. The van der Waals surface area contributed by atoms with Crippen LogP contribution in [0.15, 0.2) is 48.5 Å². The molecule has 0 aliphatic carbocycles. The minimum absolute atomic E-state index is 0.0435. The Labute approximate surface area is 200 Å². The molecular weight excluding hydrogens is 463 g/mol. The highest BCUT2D eigenvalue weighted by Crippen LogP contribution is 2.24. The predicted molar refractivity (Wildman–Crippen MR) is 128 cm³/mol. The van der Waals surface area contributed by atoms with Crippen LogP contribution in [0.1, 0.15) is 18.9 Å². The van der Waals surface area contributed by atoms with Crippen LogP contribution in [-0.4, -0.2) is 70.3 Å². The average molecular weight is 495 g/mol. The molecule has 0 radical (unpaired) electrons. The summed E-state index contributed by atoms with van der Waals surface area (Å²) in [5, 5.41) is 2.55. The molecule has 2 aromatic carbocycles. The Balaban J connectivity index is 2.49. The van der Waals surface area contributed by atoms with Crippen LogP contribution in [-0.2, 0) is 26.3 Å². The Hall–Kier alpha value is -3.18. The first-order valence-electron chi connectivity index (χ1n) is 10.7. The van der Waals surface area contributed by atoms with E-state index in [2.05, 4.69) is 5.32 Å². The van der Waals surface area contributed by atoms with E-state index in [0.717, 1.165) is 10.4 Å². The van der Waals surface area contributed by atoms with Gasteiger partial charge in [0.25, 0.3) is 0 Å². The Morgan fingerprint density at radius 2 is 1.71 bits per heavy atom. The first kappa shape index (κ1) is 27.1. The normalized spacial score (nSPS) is 12.2. The molecule has 2 aromatic rings. The Morgan fingerprint density at radius 3 is 2.21 bits per heavy atom. The lowest BCUT2D eigenvalue weighted by Crippen LogP contribution is -2.53. The molecule has 0 saturated carbocycles. The second-order valence-corrected chi connectivity index (χ2v) is 9.72. The number of nitrogens with one attached hydrogen (secondary N) is 1. The van der Waals surface area contributed by atoms with Crippen molar-refractivity contribution in [2.45, 2.75) is 25.9 Å². The summed E-state index contributed by atoms with van der Waals surface area (Å²) in [7, 11) is 1.36. The third-order valence-electron chi connectivity index (χ3n) is 5.28. The molecule has 2 rings (SSSR count). The Kier molecular flexibility index (Phi) is 9.39. The molecule has 1 N–H and O–H groups in total. The van der Waals surface area contributed by atoms with Gasteiger partial charge in [-0.2, -0.15) is 12.7 Å². The van der Waals surface area contributed by atoms with Crippen molar-refractivity contribution >= 4 is 27.7 Å². The van der Waals surface area contributed by atoms with E-state index < -0.39 is 40.4 Å². The summed E-state index contributed by atoms with van der Waals surface area (Å²) >= 11 is 0. The van der Waals surface area contributed by atoms with E-state index in [4.69, 9.17) is 4.74 Å². The number of halogens is 1. The number of nitrogens with zero attached hydrogens (tertiary/aromatic N) is 3. The molecule has 0 aliphatic heterocycles. The van der Waals surface area contributed by atoms with E-state index in [1.54, 1.807) is 31.2 Å². The van der Waals surface area contributed by atoms with Gasteiger partial charge in [-0.3, -0.25) is 9.59 Å². The number of likely N-dealkylation sites (N-methyl/N-ethyl adjacent to an activating group) is 1. The standard InChI is InChI=1S/C23H31FN4O5S/c1-6-20(23(30)25-2)27(15-17-11-13-18(33-5)14-12-17)22(29)16-28(34(31,32)26(3)4)21-10-8-7-9-19(21)24/h7-14,20H,6,15-16H2,1-5H3,(H,25,30)/t20-/m1/s1. The second kappa shape index (κ2) is 11.8. The molecule has 186 valence electrons. The van der Waals surface area contributed by atoms with Crippen LogP contribution in [0.2, 0.25) is 0 Å². The van der Waals surface area contributed by atoms with Gasteiger partial charge in [-0.25, -0.2) is 8.70 Å². The summed E-state index contributed by atoms with van der Waals surface area (Å²) in [6.07, 6.45) is 0.293. The van der Waals surface area contributed by atoms with Gasteiger partial charge in [-0.05, 0) is 36.2 Å². The number of anilines is 1. The van der Waals surface area contributed by atoms with E-state index in [1.807, 2.05) is 0 Å². The fourth-order valence-electron chi connectivity index (χ4n) is 3.37. The smallest absolute Gasteiger partial charge is 0.304 e. The number of rotatable bonds is 11. The molecule has 0 unspecified atom stereocenters. The number of benzene rings is 2. The highest BCUT2D eigenvalue weighted by Gasteiger charge is 2.34. The summed E-state index contributed by atoms with van der Waals surface area (Å²) < 4.78 is 47.4. The minimum atomic E-state index is -4.22. The predicted octanol–water partition coefficient (Wildman–Crippen LogP) is 2.00. The summed E-state index contributed by atoms with van der Waals surface area (Å²) in [5.74, 6) is -1.21. The number of hydrogen-bond donors (Lipinski definition) is 1. The lowest BCUT2D eigenvalue weighted by atomic mass is 10.1. The van der Waals surface area contributed by atoms with Gasteiger partial charge < -0.3 is 15.0 Å². The van der Waals surface area contributed by atoms with E-state index in [-0.39, 0.29) is 12.2 Å². The number of carbonyl (C=O) groups is 2. The zero-order chi connectivity index (χ0) is 25.5. The largest absolute Gasteiger partial charge is 0.497 e. The number of methoxy groups -OCH3 is 1. The number of amides is 2. The average Bonchev–Trinajstić information content (AvgIpc) is 2.82. The zero-order valence-electron chi connectivity index (χ0n) is 20.0. The molecule has 2 amide bonds. The van der Waals surface area contributed by atoms with E-state index in [0.29, 0.717) is 22.0 Å². The topological polar surface area (TPSA) is 99.3 Å². The molecule has 0 spiro atoms. The number of carbonyl (C=O) groups excluding carboxylic acids is 2. The van der Waals surface area contributed by atoms with Gasteiger partial charge in [0.1, 0.15) is 24.2 Å².